The molecule has 2 aromatic carbocycles. The molecule has 0 saturated carbocycles. The van der Waals surface area contributed by atoms with Crippen LogP contribution in [-0.2, 0) is 16.0 Å². The van der Waals surface area contributed by atoms with E-state index in [0.717, 1.165) is 27.7 Å². The zero-order valence-electron chi connectivity index (χ0n) is 16.0. The minimum absolute atomic E-state index is 0.0631. The molecule has 148 valence electrons. The molecule has 1 saturated heterocycles. The fourth-order valence-electron chi connectivity index (χ4n) is 3.50. The zero-order chi connectivity index (χ0) is 20.4. The van der Waals surface area contributed by atoms with Crippen molar-refractivity contribution >= 4 is 45.7 Å². The first-order valence-electron chi connectivity index (χ1n) is 9.36. The van der Waals surface area contributed by atoms with Gasteiger partial charge in [0.25, 0.3) is 0 Å². The number of aromatic nitrogens is 1. The Bertz CT molecular complexity index is 1070. The zero-order valence-corrected chi connectivity index (χ0v) is 16.7. The van der Waals surface area contributed by atoms with Gasteiger partial charge in [0.1, 0.15) is 5.15 Å². The average molecular weight is 410 g/mol. The van der Waals surface area contributed by atoms with Crippen molar-refractivity contribution in [1.82, 2.24) is 4.98 Å². The molecule has 29 heavy (non-hydrogen) atoms. The van der Waals surface area contributed by atoms with Crippen LogP contribution in [0.15, 0.2) is 54.7 Å². The maximum Gasteiger partial charge on any atom is 0.329 e. The molecule has 0 spiro atoms. The number of anilines is 2. The Morgan fingerprint density at radius 1 is 1.07 bits per heavy atom. The molecule has 0 bridgehead atoms. The van der Waals surface area contributed by atoms with Crippen molar-refractivity contribution in [2.45, 2.75) is 12.8 Å². The normalized spacial score (nSPS) is 13.9. The van der Waals surface area contributed by atoms with E-state index in [1.54, 1.807) is 16.0 Å². The molecular formula is C22H20ClN3O3. The third-order valence-electron chi connectivity index (χ3n) is 5.11. The van der Waals surface area contributed by atoms with Gasteiger partial charge in [0.05, 0.1) is 7.11 Å². The van der Waals surface area contributed by atoms with Crippen LogP contribution in [0.25, 0.3) is 10.8 Å². The Hall–Kier alpha value is -3.12. The van der Waals surface area contributed by atoms with Gasteiger partial charge in [-0.1, -0.05) is 23.7 Å². The van der Waals surface area contributed by atoms with E-state index < -0.39 is 0 Å². The standard InChI is InChI=1S/C22H20ClN3O3/c1-29-20(27)9-4-15-2-5-17(6-3-15)25-12-13-26(22(25)28)18-7-8-19-16(14-18)10-11-24-21(19)23/h2-3,5-8,10-11,14H,4,9,12-13H2,1H3. The number of amides is 2. The largest absolute Gasteiger partial charge is 0.469 e. The summed E-state index contributed by atoms with van der Waals surface area (Å²) in [7, 11) is 1.39. The van der Waals surface area contributed by atoms with Crippen LogP contribution in [0.4, 0.5) is 16.2 Å². The Kier molecular flexibility index (Phi) is 5.36. The van der Waals surface area contributed by atoms with Crippen LogP contribution in [0, 0.1) is 0 Å². The second kappa shape index (κ2) is 8.09. The second-order valence-corrected chi connectivity index (χ2v) is 7.19. The quantitative estimate of drug-likeness (QED) is 0.461. The summed E-state index contributed by atoms with van der Waals surface area (Å²) < 4.78 is 4.67. The van der Waals surface area contributed by atoms with E-state index in [1.807, 2.05) is 48.5 Å². The molecule has 1 aliphatic rings. The van der Waals surface area contributed by atoms with Crippen LogP contribution in [0.1, 0.15) is 12.0 Å². The topological polar surface area (TPSA) is 62.7 Å². The van der Waals surface area contributed by atoms with E-state index in [1.165, 1.54) is 7.11 Å². The molecule has 7 heteroatoms. The summed E-state index contributed by atoms with van der Waals surface area (Å²) in [5.74, 6) is -0.230. The number of fused-ring (bicyclic) bond motifs is 1. The lowest BCUT2D eigenvalue weighted by Gasteiger charge is -2.19. The molecule has 1 aromatic heterocycles. The molecule has 6 nitrogen and oxygen atoms in total. The molecule has 0 atom stereocenters. The van der Waals surface area contributed by atoms with Crippen molar-refractivity contribution in [1.29, 1.82) is 0 Å². The molecular weight excluding hydrogens is 390 g/mol. The fourth-order valence-corrected chi connectivity index (χ4v) is 3.73. The number of nitrogens with zero attached hydrogens (tertiary/aromatic N) is 3. The van der Waals surface area contributed by atoms with Crippen molar-refractivity contribution in [2.75, 3.05) is 30.0 Å². The molecule has 4 rings (SSSR count). The highest BCUT2D eigenvalue weighted by Crippen LogP contribution is 2.29. The monoisotopic (exact) mass is 409 g/mol. The highest BCUT2D eigenvalue weighted by Gasteiger charge is 2.30. The number of halogens is 1. The molecule has 0 N–H and O–H groups in total. The Labute approximate surface area is 173 Å². The van der Waals surface area contributed by atoms with Gasteiger partial charge in [-0.15, -0.1) is 0 Å². The highest BCUT2D eigenvalue weighted by molar-refractivity contribution is 6.34. The van der Waals surface area contributed by atoms with Crippen molar-refractivity contribution in [3.05, 3.63) is 65.4 Å². The number of benzene rings is 2. The summed E-state index contributed by atoms with van der Waals surface area (Å²) in [4.78, 5) is 31.9. The number of pyridine rings is 1. The van der Waals surface area contributed by atoms with Gasteiger partial charge in [-0.25, -0.2) is 9.78 Å². The van der Waals surface area contributed by atoms with Gasteiger partial charge in [0.15, 0.2) is 0 Å². The molecule has 0 radical (unpaired) electrons. The average Bonchev–Trinajstić information content (AvgIpc) is 3.13. The number of methoxy groups -OCH3 is 1. The summed E-state index contributed by atoms with van der Waals surface area (Å²) in [6.45, 7) is 1.21. The van der Waals surface area contributed by atoms with Crippen molar-refractivity contribution in [2.24, 2.45) is 0 Å². The van der Waals surface area contributed by atoms with E-state index in [9.17, 15) is 9.59 Å². The van der Waals surface area contributed by atoms with Gasteiger partial charge in [0.2, 0.25) is 0 Å². The number of ether oxygens (including phenoxy) is 1. The first-order chi connectivity index (χ1) is 14.1. The summed E-state index contributed by atoms with van der Waals surface area (Å²) in [5.41, 5.74) is 2.71. The van der Waals surface area contributed by atoms with Crippen molar-refractivity contribution < 1.29 is 14.3 Å². The number of urea groups is 1. The lowest BCUT2D eigenvalue weighted by molar-refractivity contribution is -0.140. The van der Waals surface area contributed by atoms with Crippen LogP contribution in [0.2, 0.25) is 5.15 Å². The number of carbonyl (C=O) groups excluding carboxylic acids is 2. The third kappa shape index (κ3) is 3.89. The van der Waals surface area contributed by atoms with Gasteiger partial charge in [-0.2, -0.15) is 0 Å². The minimum atomic E-state index is -0.230. The molecule has 2 amide bonds. The third-order valence-corrected chi connectivity index (χ3v) is 5.41. The molecule has 1 aliphatic heterocycles. The van der Waals surface area contributed by atoms with Crippen LogP contribution in [0.5, 0.6) is 0 Å². The van der Waals surface area contributed by atoms with Crippen molar-refractivity contribution in [3.8, 4) is 0 Å². The van der Waals surface area contributed by atoms with Gasteiger partial charge >= 0.3 is 12.0 Å². The van der Waals surface area contributed by atoms with E-state index in [0.29, 0.717) is 31.1 Å². The van der Waals surface area contributed by atoms with Crippen LogP contribution in [-0.4, -0.2) is 37.2 Å². The Morgan fingerprint density at radius 2 is 1.76 bits per heavy atom. The molecule has 3 aromatic rings. The lowest BCUT2D eigenvalue weighted by Crippen LogP contribution is -2.31. The maximum absolute atomic E-state index is 13.0. The van der Waals surface area contributed by atoms with Crippen molar-refractivity contribution in [3.63, 3.8) is 0 Å². The summed E-state index contributed by atoms with van der Waals surface area (Å²) in [5, 5.41) is 2.27. The van der Waals surface area contributed by atoms with E-state index in [4.69, 9.17) is 11.6 Å². The summed E-state index contributed by atoms with van der Waals surface area (Å²) in [6.07, 6.45) is 2.61. The van der Waals surface area contributed by atoms with Gasteiger partial charge < -0.3 is 4.74 Å². The number of hydrogen-bond donors (Lipinski definition) is 0. The number of carbonyl (C=O) groups is 2. The SMILES string of the molecule is COC(=O)CCc1ccc(N2CCN(c3ccc4c(Cl)nccc4c3)C2=O)cc1. The predicted octanol–water partition coefficient (Wildman–Crippen LogP) is 4.44. The van der Waals surface area contributed by atoms with E-state index in [2.05, 4.69) is 9.72 Å². The fraction of sp³-hybridized carbons (Fsp3) is 0.227. The molecule has 0 unspecified atom stereocenters. The minimum Gasteiger partial charge on any atom is -0.469 e. The highest BCUT2D eigenvalue weighted by atomic mass is 35.5. The molecule has 0 aliphatic carbocycles. The Morgan fingerprint density at radius 3 is 2.48 bits per heavy atom. The van der Waals surface area contributed by atoms with Crippen LogP contribution >= 0.6 is 11.6 Å². The van der Waals surface area contributed by atoms with E-state index in [-0.39, 0.29) is 12.0 Å². The van der Waals surface area contributed by atoms with E-state index >= 15 is 0 Å². The number of esters is 1. The summed E-state index contributed by atoms with van der Waals surface area (Å²) >= 11 is 6.14. The summed E-state index contributed by atoms with van der Waals surface area (Å²) in [6, 6.07) is 15.3. The second-order valence-electron chi connectivity index (χ2n) is 6.84. The molecule has 2 heterocycles. The number of aryl methyl sites for hydroxylation is 1. The van der Waals surface area contributed by atoms with Gasteiger partial charge in [-0.05, 0) is 53.8 Å². The molecule has 1 fully saturated rings. The maximum atomic E-state index is 13.0. The van der Waals surface area contributed by atoms with Gasteiger partial charge in [-0.3, -0.25) is 14.6 Å². The first-order valence-corrected chi connectivity index (χ1v) is 9.73. The number of rotatable bonds is 5. The lowest BCUT2D eigenvalue weighted by atomic mass is 10.1. The first kappa shape index (κ1) is 19.2. The van der Waals surface area contributed by atoms with Gasteiger partial charge in [0, 0.05) is 42.5 Å². The predicted molar refractivity (Wildman–Crippen MR) is 114 cm³/mol. The Balaban J connectivity index is 1.49. The smallest absolute Gasteiger partial charge is 0.329 e. The number of hydrogen-bond acceptors (Lipinski definition) is 4. The van der Waals surface area contributed by atoms with Crippen LogP contribution < -0.4 is 9.80 Å². The van der Waals surface area contributed by atoms with Crippen LogP contribution in [0.3, 0.4) is 0 Å².